The molecule has 2 saturated heterocycles. The van der Waals surface area contributed by atoms with Crippen molar-refractivity contribution in [3.63, 3.8) is 0 Å². The monoisotopic (exact) mass is 826 g/mol. The molecule has 3 heterocycles. The zero-order chi connectivity index (χ0) is 37.7. The van der Waals surface area contributed by atoms with E-state index in [0.29, 0.717) is 29.0 Å². The molecule has 3 N–H and O–H groups in total. The average Bonchev–Trinajstić information content (AvgIpc) is 3.59. The van der Waals surface area contributed by atoms with Crippen molar-refractivity contribution in [1.29, 1.82) is 0 Å². The van der Waals surface area contributed by atoms with Gasteiger partial charge in [-0.2, -0.15) is 21.6 Å². The Balaban J connectivity index is 0.000000434. The number of imidazole rings is 1. The van der Waals surface area contributed by atoms with Gasteiger partial charge < -0.3 is 45.3 Å². The number of hydrogen-bond donors (Lipinski definition) is 1. The number of aromatic amines is 1. The molecular formula is C39H38F2N6O6V2. The number of nitrogens with zero attached hydrogens (tertiary/aromatic N) is 3. The number of carbonyl (C=O) groups is 2. The molecule has 2 aliphatic heterocycles. The number of H-pyrrole nitrogens is 1. The molecule has 4 amide bonds. The molecule has 9 rings (SSSR count). The summed E-state index contributed by atoms with van der Waals surface area (Å²) in [6.07, 6.45) is 9.08. The number of ether oxygens (including phenoxy) is 2. The van der Waals surface area contributed by atoms with E-state index in [9.17, 15) is 19.2 Å². The molecular weight excluding hydrogens is 788 g/mol. The Bertz CT molecular complexity index is 2080. The number of likely N-dealkylation sites (tertiary alicyclic amines) is 2. The van der Waals surface area contributed by atoms with E-state index in [2.05, 4.69) is 27.3 Å². The van der Waals surface area contributed by atoms with Crippen molar-refractivity contribution >= 4 is 36.0 Å². The number of hydrogen-bond acceptors (Lipinski definition) is 7. The number of nitrogens with one attached hydrogen (secondary N) is 3. The fraction of sp³-hybridized carbons (Fsp3) is 0.410. The van der Waals surface area contributed by atoms with Crippen LogP contribution in [-0.4, -0.2) is 77.6 Å². The molecule has 0 unspecified atom stereocenters. The van der Waals surface area contributed by atoms with E-state index in [1.54, 1.807) is 28.0 Å². The Morgan fingerprint density at radius 2 is 1.53 bits per heavy atom. The zero-order valence-corrected chi connectivity index (χ0v) is 32.9. The summed E-state index contributed by atoms with van der Waals surface area (Å²) >= 11 is 0. The Morgan fingerprint density at radius 1 is 0.909 bits per heavy atom. The molecule has 1 spiro atoms. The number of rotatable bonds is 6. The quantitative estimate of drug-likeness (QED) is 0.192. The van der Waals surface area contributed by atoms with Gasteiger partial charge in [-0.05, 0) is 115 Å². The summed E-state index contributed by atoms with van der Waals surface area (Å²) in [5.74, 6) is -1.96. The number of halogens is 2. The van der Waals surface area contributed by atoms with Crippen molar-refractivity contribution in [1.82, 2.24) is 19.8 Å². The molecule has 3 aliphatic carbocycles. The maximum Gasteiger partial charge on any atom is 2.00 e. The molecule has 5 aliphatic rings. The van der Waals surface area contributed by atoms with Crippen LogP contribution in [0.15, 0.2) is 54.6 Å². The molecule has 4 atom stereocenters. The Hall–Kier alpha value is -4.36. The summed E-state index contributed by atoms with van der Waals surface area (Å²) < 4.78 is 39.6. The first kappa shape index (κ1) is 41.8. The largest absolute Gasteiger partial charge is 2.00 e. The molecule has 4 aromatic rings. The van der Waals surface area contributed by atoms with Crippen molar-refractivity contribution in [2.75, 3.05) is 20.8 Å². The second-order valence-corrected chi connectivity index (χ2v) is 14.5. The number of carbonyl (C=O) groups excluding carboxylic acids is 4. The van der Waals surface area contributed by atoms with Gasteiger partial charge in [0.15, 0.2) is 0 Å². The van der Waals surface area contributed by atoms with Gasteiger partial charge in [-0.1, -0.05) is 30.3 Å². The molecule has 2 bridgehead atoms. The van der Waals surface area contributed by atoms with Gasteiger partial charge in [0, 0.05) is 23.2 Å². The summed E-state index contributed by atoms with van der Waals surface area (Å²) in [5, 5.41) is 0. The topological polar surface area (TPSA) is 169 Å². The molecule has 2 saturated carbocycles. The number of aromatic nitrogens is 2. The normalized spacial score (nSPS) is 22.5. The van der Waals surface area contributed by atoms with E-state index in [4.69, 9.17) is 16.5 Å². The van der Waals surface area contributed by atoms with Gasteiger partial charge in [0.1, 0.15) is 5.82 Å². The number of amides is 4. The van der Waals surface area contributed by atoms with Crippen LogP contribution in [0.3, 0.4) is 0 Å². The minimum Gasteiger partial charge on any atom is -0.632 e. The molecule has 2 radical (unpaired) electrons. The predicted molar refractivity (Wildman–Crippen MR) is 191 cm³/mol. The minimum absolute atomic E-state index is 0. The van der Waals surface area contributed by atoms with Crippen molar-refractivity contribution < 1.29 is 74.5 Å². The van der Waals surface area contributed by atoms with Crippen LogP contribution in [0.1, 0.15) is 67.1 Å². The van der Waals surface area contributed by atoms with Crippen LogP contribution in [0, 0.1) is 11.3 Å². The van der Waals surface area contributed by atoms with Crippen LogP contribution in [-0.2, 0) is 68.5 Å². The van der Waals surface area contributed by atoms with Crippen LogP contribution < -0.4 is 0 Å². The third-order valence-corrected chi connectivity index (χ3v) is 11.4. The van der Waals surface area contributed by atoms with Crippen LogP contribution in [0.4, 0.5) is 18.4 Å². The van der Waals surface area contributed by atoms with Crippen molar-refractivity contribution in [3.05, 3.63) is 88.6 Å². The van der Waals surface area contributed by atoms with Gasteiger partial charge >= 0.3 is 37.1 Å². The zero-order valence-electron chi connectivity index (χ0n) is 30.1. The maximum absolute atomic E-state index is 16.0. The average molecular weight is 827 g/mol. The molecule has 284 valence electrons. The molecule has 3 aromatic carbocycles. The van der Waals surface area contributed by atoms with Crippen molar-refractivity contribution in [3.8, 4) is 22.3 Å². The summed E-state index contributed by atoms with van der Waals surface area (Å²) in [5.41, 5.74) is 17.3. The summed E-state index contributed by atoms with van der Waals surface area (Å²) in [6.45, 7) is 0.736. The van der Waals surface area contributed by atoms with Crippen molar-refractivity contribution in [2.45, 2.75) is 69.0 Å². The standard InChI is InChI=1S/C35H30F2N4O2.2C2H5NO2.2V/c36-35(37)28-12-20(11-25-16-34(9-10-34)17-40(25)18-42)1-6-26(28)27-7-3-21(14-29(27)35)22-4-8-30-31(15-22)39-33(38-30)32-23-2-5-24(13-23)41(32)19-43;2*1-5-2(3)4;;/h1,3-4,6-8,12,14-15,23-25,32H,2,5,9-11,13,16-17H2,(H,38,39);2*1H3,(H2,3,4);;/q-2;;;2*+2/p-2/t23-,24+,25+,32-;;;;/m0..../s1. The van der Waals surface area contributed by atoms with E-state index >= 15 is 8.78 Å². The maximum atomic E-state index is 16.0. The number of alkyl halides is 2. The fourth-order valence-corrected chi connectivity index (χ4v) is 8.66. The van der Waals surface area contributed by atoms with Gasteiger partial charge in [-0.15, -0.1) is 0 Å². The molecule has 55 heavy (non-hydrogen) atoms. The first-order valence-electron chi connectivity index (χ1n) is 17.5. The first-order valence-corrected chi connectivity index (χ1v) is 17.5. The van der Waals surface area contributed by atoms with Gasteiger partial charge in [0.25, 0.3) is 5.92 Å². The summed E-state index contributed by atoms with van der Waals surface area (Å²) in [4.78, 5) is 53.5. The summed E-state index contributed by atoms with van der Waals surface area (Å²) in [7, 11) is 2.32. The van der Waals surface area contributed by atoms with Crippen LogP contribution in [0.25, 0.3) is 44.8 Å². The smallest absolute Gasteiger partial charge is 0.632 e. The van der Waals surface area contributed by atoms with E-state index < -0.39 is 18.1 Å². The Morgan fingerprint density at radius 3 is 2.15 bits per heavy atom. The first-order chi connectivity index (χ1) is 25.4. The molecule has 12 nitrogen and oxygen atoms in total. The fourth-order valence-electron chi connectivity index (χ4n) is 8.66. The Kier molecular flexibility index (Phi) is 12.5. The number of piperidine rings is 1. The minimum atomic E-state index is -3.12. The number of methoxy groups -OCH3 is 2. The SMILES string of the molecule is COC([NH-])=O.COC([NH-])=O.O=[C-]N1CC2(CC2)C[C@H]1Cc1ccc2c(c1)C(F)(F)c1cc(-c3ccc4nc([C@@H]5[C@H]6CC[C@H](C6)N5[C-]=O)[nH]c4c3)ccc1-2.[V+2].[V+2]. The van der Waals surface area contributed by atoms with Crippen LogP contribution >= 0.6 is 0 Å². The van der Waals surface area contributed by atoms with Crippen LogP contribution in [0.5, 0.6) is 0 Å². The molecule has 4 fully saturated rings. The number of benzene rings is 3. The van der Waals surface area contributed by atoms with Gasteiger partial charge in [0.05, 0.1) is 31.3 Å². The van der Waals surface area contributed by atoms with E-state index in [1.165, 1.54) is 0 Å². The Labute approximate surface area is 340 Å². The van der Waals surface area contributed by atoms with Gasteiger partial charge in [-0.25, -0.2) is 4.98 Å². The van der Waals surface area contributed by atoms with Gasteiger partial charge in [-0.3, -0.25) is 9.59 Å². The summed E-state index contributed by atoms with van der Waals surface area (Å²) in [6, 6.07) is 16.7. The number of fused-ring (bicyclic) bond motifs is 6. The van der Waals surface area contributed by atoms with E-state index in [1.807, 2.05) is 36.4 Å². The second kappa shape index (κ2) is 16.4. The third-order valence-electron chi connectivity index (χ3n) is 11.4. The van der Waals surface area contributed by atoms with Crippen molar-refractivity contribution in [2.24, 2.45) is 11.3 Å². The second-order valence-electron chi connectivity index (χ2n) is 14.5. The predicted octanol–water partition coefficient (Wildman–Crippen LogP) is 8.01. The van der Waals surface area contributed by atoms with Crippen LogP contribution in [0.2, 0.25) is 0 Å². The van der Waals surface area contributed by atoms with E-state index in [-0.39, 0.29) is 71.8 Å². The third kappa shape index (κ3) is 8.00. The van der Waals surface area contributed by atoms with E-state index in [0.717, 1.165) is 87.3 Å². The molecule has 16 heteroatoms. The van der Waals surface area contributed by atoms with Gasteiger partial charge in [0.2, 0.25) is 12.2 Å². The molecule has 1 aromatic heterocycles.